The largest absolute Gasteiger partial charge is 0.480 e. The van der Waals surface area contributed by atoms with Crippen LogP contribution in [0, 0.1) is 0 Å². The quantitative estimate of drug-likeness (QED) is 0.914. The van der Waals surface area contributed by atoms with E-state index in [1.165, 1.54) is 16.2 Å². The monoisotopic (exact) mass is 267 g/mol. The number of carbonyl (C=O) groups excluding carboxylic acids is 1. The average Bonchev–Trinajstić information content (AvgIpc) is 2.86. The van der Waals surface area contributed by atoms with E-state index in [4.69, 9.17) is 5.11 Å². The molecule has 1 amide bonds. The summed E-state index contributed by atoms with van der Waals surface area (Å²) >= 11 is 1.46. The topological polar surface area (TPSA) is 57.6 Å². The van der Waals surface area contributed by atoms with Crippen LogP contribution in [-0.4, -0.2) is 34.5 Å². The number of aliphatic carboxylic acids is 1. The molecule has 1 aliphatic heterocycles. The minimum atomic E-state index is -0.893. The Hall–Kier alpha value is -1.36. The summed E-state index contributed by atoms with van der Waals surface area (Å²) in [5, 5.41) is 9.17. The van der Waals surface area contributed by atoms with Gasteiger partial charge in [-0.3, -0.25) is 4.79 Å². The first-order valence-corrected chi connectivity index (χ1v) is 7.07. The zero-order valence-electron chi connectivity index (χ0n) is 10.4. The summed E-state index contributed by atoms with van der Waals surface area (Å²) in [6.07, 6.45) is 3.24. The zero-order valence-corrected chi connectivity index (χ0v) is 11.2. The van der Waals surface area contributed by atoms with Gasteiger partial charge in [0, 0.05) is 11.4 Å². The molecule has 0 spiro atoms. The average molecular weight is 267 g/mol. The maximum absolute atomic E-state index is 12.3. The highest BCUT2D eigenvalue weighted by Crippen LogP contribution is 2.24. The van der Waals surface area contributed by atoms with E-state index in [2.05, 4.69) is 0 Å². The summed E-state index contributed by atoms with van der Waals surface area (Å²) in [6, 6.07) is 3.09. The number of nitrogens with zero attached hydrogens (tertiary/aromatic N) is 1. The van der Waals surface area contributed by atoms with E-state index in [9.17, 15) is 9.59 Å². The predicted octanol–water partition coefficient (Wildman–Crippen LogP) is 2.39. The van der Waals surface area contributed by atoms with Crippen molar-refractivity contribution in [3.63, 3.8) is 0 Å². The van der Waals surface area contributed by atoms with Crippen LogP contribution in [0.2, 0.25) is 0 Å². The van der Waals surface area contributed by atoms with Crippen molar-refractivity contribution in [1.82, 2.24) is 4.90 Å². The Morgan fingerprint density at radius 3 is 2.83 bits per heavy atom. The fourth-order valence-electron chi connectivity index (χ4n) is 2.26. The van der Waals surface area contributed by atoms with Crippen molar-refractivity contribution < 1.29 is 14.7 Å². The molecule has 2 rings (SSSR count). The van der Waals surface area contributed by atoms with Gasteiger partial charge in [0.05, 0.1) is 4.88 Å². The Labute approximate surface area is 110 Å². The molecule has 0 unspecified atom stereocenters. The number of rotatable bonds is 3. The molecule has 0 aromatic carbocycles. The molecule has 2 heterocycles. The molecule has 1 fully saturated rings. The Kier molecular flexibility index (Phi) is 4.01. The second-order valence-corrected chi connectivity index (χ2v) is 5.64. The smallest absolute Gasteiger partial charge is 0.326 e. The molecule has 1 aliphatic rings. The summed E-state index contributed by atoms with van der Waals surface area (Å²) < 4.78 is 0. The molecule has 4 nitrogen and oxygen atoms in total. The van der Waals surface area contributed by atoms with E-state index >= 15 is 0 Å². The van der Waals surface area contributed by atoms with Crippen molar-refractivity contribution in [2.45, 2.75) is 38.6 Å². The first-order valence-electron chi connectivity index (χ1n) is 6.26. The van der Waals surface area contributed by atoms with Gasteiger partial charge in [-0.1, -0.05) is 6.92 Å². The van der Waals surface area contributed by atoms with Crippen molar-refractivity contribution in [1.29, 1.82) is 0 Å². The van der Waals surface area contributed by atoms with Crippen molar-refractivity contribution in [3.8, 4) is 0 Å². The molecule has 1 aromatic rings. The molecule has 1 aromatic heterocycles. The van der Waals surface area contributed by atoms with E-state index in [1.807, 2.05) is 13.0 Å². The second-order valence-electron chi connectivity index (χ2n) is 4.47. The lowest BCUT2D eigenvalue weighted by molar-refractivity contribution is -0.143. The van der Waals surface area contributed by atoms with Gasteiger partial charge >= 0.3 is 5.97 Å². The van der Waals surface area contributed by atoms with Gasteiger partial charge < -0.3 is 10.0 Å². The zero-order chi connectivity index (χ0) is 13.1. The number of hydrogen-bond donors (Lipinski definition) is 1. The minimum absolute atomic E-state index is 0.133. The molecule has 1 saturated heterocycles. The number of carboxylic acids is 1. The van der Waals surface area contributed by atoms with Gasteiger partial charge in [-0.05, 0) is 37.8 Å². The molecule has 18 heavy (non-hydrogen) atoms. The van der Waals surface area contributed by atoms with Gasteiger partial charge in [-0.25, -0.2) is 4.79 Å². The number of carbonyl (C=O) groups is 2. The normalized spacial score (nSPS) is 19.8. The summed E-state index contributed by atoms with van der Waals surface area (Å²) in [7, 11) is 0. The number of hydrogen-bond acceptors (Lipinski definition) is 3. The van der Waals surface area contributed by atoms with Crippen molar-refractivity contribution in [2.24, 2.45) is 0 Å². The van der Waals surface area contributed by atoms with Crippen LogP contribution in [-0.2, 0) is 11.2 Å². The molecular formula is C13H17NO3S. The second kappa shape index (κ2) is 5.52. The molecule has 5 heteroatoms. The van der Waals surface area contributed by atoms with Crippen LogP contribution in [0.4, 0.5) is 0 Å². The SMILES string of the molecule is CCc1ccc(C(=O)N2CCCC[C@@H]2C(=O)O)s1. The predicted molar refractivity (Wildman–Crippen MR) is 70.0 cm³/mol. The number of likely N-dealkylation sites (tertiary alicyclic amines) is 1. The van der Waals surface area contributed by atoms with Crippen LogP contribution in [0.15, 0.2) is 12.1 Å². The maximum atomic E-state index is 12.3. The molecule has 1 atom stereocenters. The van der Waals surface area contributed by atoms with Gasteiger partial charge in [0.15, 0.2) is 0 Å². The Morgan fingerprint density at radius 2 is 2.22 bits per heavy atom. The molecule has 0 aliphatic carbocycles. The van der Waals surface area contributed by atoms with Crippen molar-refractivity contribution in [3.05, 3.63) is 21.9 Å². The lowest BCUT2D eigenvalue weighted by Gasteiger charge is -2.32. The van der Waals surface area contributed by atoms with Gasteiger partial charge in [0.25, 0.3) is 5.91 Å². The third-order valence-electron chi connectivity index (χ3n) is 3.27. The molecule has 1 N–H and O–H groups in total. The van der Waals surface area contributed by atoms with Crippen LogP contribution in [0.25, 0.3) is 0 Å². The number of aryl methyl sites for hydroxylation is 1. The maximum Gasteiger partial charge on any atom is 0.326 e. The fraction of sp³-hybridized carbons (Fsp3) is 0.538. The summed E-state index contributed by atoms with van der Waals surface area (Å²) in [5.41, 5.74) is 0. The first kappa shape index (κ1) is 13.1. The molecular weight excluding hydrogens is 250 g/mol. The summed E-state index contributed by atoms with van der Waals surface area (Å²) in [4.78, 5) is 26.8. The number of amides is 1. The third kappa shape index (κ3) is 2.56. The van der Waals surface area contributed by atoms with Crippen molar-refractivity contribution >= 4 is 23.2 Å². The van der Waals surface area contributed by atoms with Crippen LogP contribution in [0.5, 0.6) is 0 Å². The lowest BCUT2D eigenvalue weighted by atomic mass is 10.0. The Balaban J connectivity index is 2.17. The Bertz CT molecular complexity index is 455. The van der Waals surface area contributed by atoms with Crippen LogP contribution in [0.1, 0.15) is 40.7 Å². The lowest BCUT2D eigenvalue weighted by Crippen LogP contribution is -2.47. The van der Waals surface area contributed by atoms with E-state index in [1.54, 1.807) is 6.07 Å². The van der Waals surface area contributed by atoms with Crippen LogP contribution in [0.3, 0.4) is 0 Å². The van der Waals surface area contributed by atoms with Crippen LogP contribution < -0.4 is 0 Å². The third-order valence-corrected chi connectivity index (χ3v) is 4.49. The molecule has 98 valence electrons. The van der Waals surface area contributed by atoms with E-state index in [0.29, 0.717) is 17.8 Å². The number of carboxylic acid groups (broad SMARTS) is 1. The first-order chi connectivity index (χ1) is 8.63. The van der Waals surface area contributed by atoms with Crippen molar-refractivity contribution in [2.75, 3.05) is 6.54 Å². The van der Waals surface area contributed by atoms with E-state index < -0.39 is 12.0 Å². The van der Waals surface area contributed by atoms with E-state index in [-0.39, 0.29) is 5.91 Å². The highest BCUT2D eigenvalue weighted by atomic mass is 32.1. The van der Waals surface area contributed by atoms with Gasteiger partial charge in [0.1, 0.15) is 6.04 Å². The molecule has 0 saturated carbocycles. The summed E-state index contributed by atoms with van der Waals surface area (Å²) in [5.74, 6) is -1.03. The van der Waals surface area contributed by atoms with Gasteiger partial charge in [0.2, 0.25) is 0 Å². The highest BCUT2D eigenvalue weighted by molar-refractivity contribution is 7.14. The van der Waals surface area contributed by atoms with Crippen LogP contribution >= 0.6 is 11.3 Å². The summed E-state index contributed by atoms with van der Waals surface area (Å²) in [6.45, 7) is 2.59. The fourth-order valence-corrected chi connectivity index (χ4v) is 3.16. The number of piperidine rings is 1. The van der Waals surface area contributed by atoms with Gasteiger partial charge in [-0.15, -0.1) is 11.3 Å². The Morgan fingerprint density at radius 1 is 1.44 bits per heavy atom. The van der Waals surface area contributed by atoms with Gasteiger partial charge in [-0.2, -0.15) is 0 Å². The highest BCUT2D eigenvalue weighted by Gasteiger charge is 2.32. The standard InChI is InChI=1S/C13H17NO3S/c1-2-9-6-7-11(18-9)12(15)14-8-4-3-5-10(14)13(16)17/h6-7,10H,2-5,8H2,1H3,(H,16,17)/t10-/m1/s1. The number of thiophene rings is 1. The molecule has 0 radical (unpaired) electrons. The van der Waals surface area contributed by atoms with E-state index in [0.717, 1.165) is 24.1 Å². The molecule has 0 bridgehead atoms. The minimum Gasteiger partial charge on any atom is -0.480 e.